The molecule has 4 rings (SSSR count). The SMILES string of the molecule is CCOc1ccc(N2C(=O)/C(=C/c3ccccc3OCc3ccc(C)cc3)NC2=S)cc1. The molecule has 1 heterocycles. The highest BCUT2D eigenvalue weighted by molar-refractivity contribution is 7.80. The summed E-state index contributed by atoms with van der Waals surface area (Å²) in [7, 11) is 0. The lowest BCUT2D eigenvalue weighted by Crippen LogP contribution is -2.30. The van der Waals surface area contributed by atoms with Gasteiger partial charge < -0.3 is 14.8 Å². The summed E-state index contributed by atoms with van der Waals surface area (Å²) in [6.45, 7) is 5.01. The second kappa shape index (κ2) is 9.66. The van der Waals surface area contributed by atoms with Crippen LogP contribution in [0, 0.1) is 6.92 Å². The number of ether oxygens (including phenoxy) is 2. The number of hydrogen-bond donors (Lipinski definition) is 1. The van der Waals surface area contributed by atoms with E-state index < -0.39 is 0 Å². The van der Waals surface area contributed by atoms with Gasteiger partial charge >= 0.3 is 0 Å². The van der Waals surface area contributed by atoms with Crippen molar-refractivity contribution in [2.45, 2.75) is 20.5 Å². The van der Waals surface area contributed by atoms with Gasteiger partial charge in [0.15, 0.2) is 5.11 Å². The van der Waals surface area contributed by atoms with E-state index in [0.29, 0.717) is 35.5 Å². The van der Waals surface area contributed by atoms with Crippen LogP contribution < -0.4 is 19.7 Å². The smallest absolute Gasteiger partial charge is 0.281 e. The van der Waals surface area contributed by atoms with Gasteiger partial charge in [-0.1, -0.05) is 48.0 Å². The zero-order chi connectivity index (χ0) is 22.5. The molecule has 1 amide bonds. The molecule has 1 saturated heterocycles. The Morgan fingerprint density at radius 1 is 0.969 bits per heavy atom. The Morgan fingerprint density at radius 3 is 2.41 bits per heavy atom. The van der Waals surface area contributed by atoms with Crippen LogP contribution in [0.5, 0.6) is 11.5 Å². The molecule has 0 bridgehead atoms. The summed E-state index contributed by atoms with van der Waals surface area (Å²) in [5.74, 6) is 1.23. The summed E-state index contributed by atoms with van der Waals surface area (Å²) in [6.07, 6.45) is 1.77. The van der Waals surface area contributed by atoms with Gasteiger partial charge in [0.1, 0.15) is 23.8 Å². The maximum atomic E-state index is 13.1. The molecule has 6 heteroatoms. The van der Waals surface area contributed by atoms with Crippen molar-refractivity contribution in [1.82, 2.24) is 5.32 Å². The standard InChI is InChI=1S/C26H24N2O3S/c1-3-30-22-14-12-21(13-15-22)28-25(29)23(27-26(28)32)16-20-6-4-5-7-24(20)31-17-19-10-8-18(2)9-11-19/h4-16H,3,17H2,1-2H3,(H,27,32)/b23-16-. The summed E-state index contributed by atoms with van der Waals surface area (Å²) in [6, 6.07) is 23.1. The van der Waals surface area contributed by atoms with Gasteiger partial charge in [-0.15, -0.1) is 0 Å². The minimum Gasteiger partial charge on any atom is -0.494 e. The first-order chi connectivity index (χ1) is 15.5. The van der Waals surface area contributed by atoms with Crippen molar-refractivity contribution in [3.63, 3.8) is 0 Å². The monoisotopic (exact) mass is 444 g/mol. The van der Waals surface area contributed by atoms with Crippen LogP contribution in [-0.2, 0) is 11.4 Å². The fourth-order valence-electron chi connectivity index (χ4n) is 3.36. The van der Waals surface area contributed by atoms with Crippen LogP contribution in [0.1, 0.15) is 23.6 Å². The number of amides is 1. The predicted octanol–water partition coefficient (Wildman–Crippen LogP) is 5.23. The van der Waals surface area contributed by atoms with E-state index in [0.717, 1.165) is 16.9 Å². The summed E-state index contributed by atoms with van der Waals surface area (Å²) < 4.78 is 11.5. The number of hydrogen-bond acceptors (Lipinski definition) is 4. The molecule has 162 valence electrons. The molecule has 0 aromatic heterocycles. The molecule has 0 spiro atoms. The summed E-state index contributed by atoms with van der Waals surface area (Å²) in [5.41, 5.74) is 4.17. The van der Waals surface area contributed by atoms with Crippen molar-refractivity contribution >= 4 is 35.0 Å². The molecule has 0 saturated carbocycles. The van der Waals surface area contributed by atoms with Crippen LogP contribution in [0.3, 0.4) is 0 Å². The van der Waals surface area contributed by atoms with Gasteiger partial charge in [0.05, 0.1) is 12.3 Å². The lowest BCUT2D eigenvalue weighted by molar-refractivity contribution is -0.113. The van der Waals surface area contributed by atoms with Crippen molar-refractivity contribution in [3.8, 4) is 11.5 Å². The third-order valence-electron chi connectivity index (χ3n) is 5.02. The fourth-order valence-corrected chi connectivity index (χ4v) is 3.66. The minimum atomic E-state index is -0.215. The molecule has 1 aliphatic rings. The number of thiocarbonyl (C=S) groups is 1. The summed E-state index contributed by atoms with van der Waals surface area (Å²) in [4.78, 5) is 14.6. The Labute approximate surface area is 193 Å². The summed E-state index contributed by atoms with van der Waals surface area (Å²) in [5, 5.41) is 3.37. The van der Waals surface area contributed by atoms with Crippen molar-refractivity contribution in [2.75, 3.05) is 11.5 Å². The van der Waals surface area contributed by atoms with E-state index in [2.05, 4.69) is 24.4 Å². The van der Waals surface area contributed by atoms with Gasteiger partial charge in [0.25, 0.3) is 5.91 Å². The number of nitrogens with zero attached hydrogens (tertiary/aromatic N) is 1. The topological polar surface area (TPSA) is 50.8 Å². The highest BCUT2D eigenvalue weighted by Gasteiger charge is 2.32. The second-order valence-electron chi connectivity index (χ2n) is 7.37. The number of rotatable bonds is 7. The molecular formula is C26H24N2O3S. The van der Waals surface area contributed by atoms with E-state index in [4.69, 9.17) is 21.7 Å². The molecule has 1 N–H and O–H groups in total. The Bertz CT molecular complexity index is 1150. The first-order valence-electron chi connectivity index (χ1n) is 10.4. The Balaban J connectivity index is 1.53. The number of nitrogens with one attached hydrogen (secondary N) is 1. The number of carbonyl (C=O) groups is 1. The van der Waals surface area contributed by atoms with Crippen molar-refractivity contribution in [3.05, 3.63) is 95.2 Å². The van der Waals surface area contributed by atoms with E-state index in [-0.39, 0.29) is 5.91 Å². The molecule has 0 aliphatic carbocycles. The average Bonchev–Trinajstić information content (AvgIpc) is 3.08. The number of anilines is 1. The Kier molecular flexibility index (Phi) is 6.52. The van der Waals surface area contributed by atoms with Gasteiger partial charge in [-0.3, -0.25) is 9.69 Å². The Hall–Kier alpha value is -3.64. The van der Waals surface area contributed by atoms with Gasteiger partial charge in [0.2, 0.25) is 0 Å². The van der Waals surface area contributed by atoms with E-state index in [9.17, 15) is 4.79 Å². The van der Waals surface area contributed by atoms with Crippen molar-refractivity contribution in [1.29, 1.82) is 0 Å². The predicted molar refractivity (Wildman–Crippen MR) is 131 cm³/mol. The normalized spacial score (nSPS) is 14.6. The molecule has 3 aromatic carbocycles. The van der Waals surface area contributed by atoms with Crippen LogP contribution >= 0.6 is 12.2 Å². The highest BCUT2D eigenvalue weighted by atomic mass is 32.1. The van der Waals surface area contributed by atoms with Gasteiger partial charge in [-0.2, -0.15) is 0 Å². The van der Waals surface area contributed by atoms with Crippen molar-refractivity contribution in [2.24, 2.45) is 0 Å². The third kappa shape index (κ3) is 4.81. The van der Waals surface area contributed by atoms with E-state index >= 15 is 0 Å². The molecule has 32 heavy (non-hydrogen) atoms. The lowest BCUT2D eigenvalue weighted by Gasteiger charge is -2.14. The second-order valence-corrected chi connectivity index (χ2v) is 7.75. The zero-order valence-electron chi connectivity index (χ0n) is 18.0. The number of para-hydroxylation sites is 1. The molecule has 0 unspecified atom stereocenters. The van der Waals surface area contributed by atoms with Gasteiger partial charge in [-0.05, 0) is 68.0 Å². The number of aryl methyl sites for hydroxylation is 1. The molecule has 0 atom stereocenters. The Morgan fingerprint density at radius 2 is 1.69 bits per heavy atom. The average molecular weight is 445 g/mol. The van der Waals surface area contributed by atoms with E-state index in [1.165, 1.54) is 10.5 Å². The maximum absolute atomic E-state index is 13.1. The molecule has 5 nitrogen and oxygen atoms in total. The van der Waals surface area contributed by atoms with E-state index in [1.54, 1.807) is 6.08 Å². The zero-order valence-corrected chi connectivity index (χ0v) is 18.8. The van der Waals surface area contributed by atoms with Gasteiger partial charge in [-0.25, -0.2) is 0 Å². The largest absolute Gasteiger partial charge is 0.494 e. The molecule has 3 aromatic rings. The quantitative estimate of drug-likeness (QED) is 0.399. The minimum absolute atomic E-state index is 0.215. The maximum Gasteiger partial charge on any atom is 0.281 e. The first kappa shape index (κ1) is 21.6. The van der Waals surface area contributed by atoms with Crippen LogP contribution in [0.15, 0.2) is 78.5 Å². The number of benzene rings is 3. The van der Waals surface area contributed by atoms with E-state index in [1.807, 2.05) is 67.6 Å². The molecular weight excluding hydrogens is 420 g/mol. The first-order valence-corrected chi connectivity index (χ1v) is 10.8. The van der Waals surface area contributed by atoms with Crippen LogP contribution in [0.4, 0.5) is 5.69 Å². The molecule has 0 radical (unpaired) electrons. The van der Waals surface area contributed by atoms with Gasteiger partial charge in [0, 0.05) is 5.56 Å². The number of carbonyl (C=O) groups excluding carboxylic acids is 1. The third-order valence-corrected chi connectivity index (χ3v) is 5.30. The highest BCUT2D eigenvalue weighted by Crippen LogP contribution is 2.27. The lowest BCUT2D eigenvalue weighted by atomic mass is 10.1. The van der Waals surface area contributed by atoms with Crippen molar-refractivity contribution < 1.29 is 14.3 Å². The fraction of sp³-hybridized carbons (Fsp3) is 0.154. The van der Waals surface area contributed by atoms with Crippen LogP contribution in [0.25, 0.3) is 6.08 Å². The van der Waals surface area contributed by atoms with Crippen LogP contribution in [-0.4, -0.2) is 17.6 Å². The molecule has 1 fully saturated rings. The van der Waals surface area contributed by atoms with Crippen LogP contribution in [0.2, 0.25) is 0 Å². The molecule has 1 aliphatic heterocycles. The summed E-state index contributed by atoms with van der Waals surface area (Å²) >= 11 is 5.43.